The van der Waals surface area contributed by atoms with Gasteiger partial charge in [0.2, 0.25) is 0 Å². The molecular weight excluding hydrogens is 426 g/mol. The van der Waals surface area contributed by atoms with E-state index in [1.54, 1.807) is 12.2 Å². The van der Waals surface area contributed by atoms with Crippen LogP contribution >= 0.6 is 0 Å². The van der Waals surface area contributed by atoms with E-state index < -0.39 is 6.29 Å². The molecule has 2 atom stereocenters. The zero-order valence-electron chi connectivity index (χ0n) is 20.4. The lowest BCUT2D eigenvalue weighted by Gasteiger charge is -2.39. The monoisotopic (exact) mass is 465 g/mol. The van der Waals surface area contributed by atoms with E-state index in [1.807, 2.05) is 12.2 Å². The Morgan fingerprint density at radius 2 is 2.06 bits per heavy atom. The van der Waals surface area contributed by atoms with Crippen molar-refractivity contribution >= 4 is 0 Å². The molecule has 0 aromatic heterocycles. The van der Waals surface area contributed by atoms with Crippen LogP contribution in [0.4, 0.5) is 0 Å². The van der Waals surface area contributed by atoms with Crippen LogP contribution in [0.2, 0.25) is 0 Å². The molecule has 5 nitrogen and oxygen atoms in total. The zero-order valence-corrected chi connectivity index (χ0v) is 20.4. The van der Waals surface area contributed by atoms with Crippen molar-refractivity contribution < 1.29 is 19.7 Å². The summed E-state index contributed by atoms with van der Waals surface area (Å²) in [6.07, 6.45) is 20.0. The predicted molar refractivity (Wildman–Crippen MR) is 136 cm³/mol. The van der Waals surface area contributed by atoms with Crippen LogP contribution in [-0.4, -0.2) is 53.2 Å². The van der Waals surface area contributed by atoms with Crippen LogP contribution in [0.5, 0.6) is 0 Å². The number of rotatable bonds is 11. The molecule has 2 aliphatic carbocycles. The summed E-state index contributed by atoms with van der Waals surface area (Å²) >= 11 is 0. The number of unbranched alkanes of at least 4 members (excludes halogenated alkanes) is 1. The normalized spacial score (nSPS) is 25.8. The van der Waals surface area contributed by atoms with E-state index in [1.165, 1.54) is 17.6 Å². The molecule has 2 heterocycles. The fourth-order valence-corrected chi connectivity index (χ4v) is 5.19. The number of ether oxygens (including phenoxy) is 2. The molecule has 0 spiro atoms. The Kier molecular flexibility index (Phi) is 8.65. The SMILES string of the molecule is C=C/C=C\CCCC1=C(CC2=CC=C(OC3CN(CCC)C3)CC2)C2=CC=C(O)C[C@@H]2O[C@@H]1O. The van der Waals surface area contributed by atoms with Gasteiger partial charge in [0.25, 0.3) is 0 Å². The summed E-state index contributed by atoms with van der Waals surface area (Å²) < 4.78 is 12.1. The number of aliphatic hydroxyl groups excluding tert-OH is 2. The topological polar surface area (TPSA) is 62.2 Å². The largest absolute Gasteiger partial charge is 0.512 e. The van der Waals surface area contributed by atoms with Gasteiger partial charge in [0.15, 0.2) is 6.29 Å². The molecular formula is C29H39NO4. The van der Waals surface area contributed by atoms with Crippen molar-refractivity contribution in [2.24, 2.45) is 0 Å². The predicted octanol–water partition coefficient (Wildman–Crippen LogP) is 5.79. The maximum absolute atomic E-state index is 10.8. The number of hydrogen-bond acceptors (Lipinski definition) is 5. The number of aliphatic hydroxyl groups is 2. The van der Waals surface area contributed by atoms with Gasteiger partial charge in [0.1, 0.15) is 6.10 Å². The molecule has 0 saturated carbocycles. The summed E-state index contributed by atoms with van der Waals surface area (Å²) in [5, 5.41) is 20.8. The fourth-order valence-electron chi connectivity index (χ4n) is 5.19. The molecule has 0 unspecified atom stereocenters. The van der Waals surface area contributed by atoms with Crippen LogP contribution in [-0.2, 0) is 9.47 Å². The molecule has 0 bridgehead atoms. The summed E-state index contributed by atoms with van der Waals surface area (Å²) in [7, 11) is 0. The standard InChI is InChI=1S/C29H39NO4/c1-3-5-6-7-8-9-26-27(25-15-12-22(31)18-28(25)34-29(26)32)17-21-10-13-23(14-11-21)33-24-19-30(20-24)16-4-2/h3,5-6,10,12-13,15,24,28-29,31-32H,1,4,7-9,11,14,16-20H2,2H3/b6-5-/t28-,29-/m0/s1. The fraction of sp³-hybridized carbons (Fsp3) is 0.517. The number of likely N-dealkylation sites (tertiary alicyclic amines) is 1. The van der Waals surface area contributed by atoms with Crippen molar-refractivity contribution in [1.82, 2.24) is 4.90 Å². The zero-order chi connectivity index (χ0) is 23.9. The number of allylic oxidation sites excluding steroid dienone is 9. The first-order valence-electron chi connectivity index (χ1n) is 12.8. The van der Waals surface area contributed by atoms with Gasteiger partial charge in [-0.15, -0.1) is 0 Å². The average molecular weight is 466 g/mol. The molecule has 0 aromatic carbocycles. The second kappa shape index (κ2) is 11.9. The van der Waals surface area contributed by atoms with E-state index in [-0.39, 0.29) is 6.10 Å². The molecule has 1 saturated heterocycles. The highest BCUT2D eigenvalue weighted by Gasteiger charge is 2.34. The molecule has 184 valence electrons. The molecule has 1 fully saturated rings. The molecule has 5 heteroatoms. The molecule has 0 radical (unpaired) electrons. The maximum Gasteiger partial charge on any atom is 0.178 e. The maximum atomic E-state index is 10.8. The third-order valence-electron chi connectivity index (χ3n) is 7.00. The summed E-state index contributed by atoms with van der Waals surface area (Å²) in [6, 6.07) is 0. The highest BCUT2D eigenvalue weighted by atomic mass is 16.6. The van der Waals surface area contributed by atoms with Gasteiger partial charge >= 0.3 is 0 Å². The molecule has 4 aliphatic rings. The minimum absolute atomic E-state index is 0.289. The van der Waals surface area contributed by atoms with Gasteiger partial charge in [-0.1, -0.05) is 49.5 Å². The van der Waals surface area contributed by atoms with Crippen molar-refractivity contribution in [2.75, 3.05) is 19.6 Å². The third kappa shape index (κ3) is 6.21. The molecule has 0 amide bonds. The first kappa shape index (κ1) is 24.8. The molecule has 4 rings (SSSR count). The van der Waals surface area contributed by atoms with Gasteiger partial charge in [0.05, 0.1) is 17.6 Å². The van der Waals surface area contributed by atoms with Gasteiger partial charge in [0, 0.05) is 25.9 Å². The van der Waals surface area contributed by atoms with Crippen molar-refractivity contribution in [2.45, 2.75) is 76.8 Å². The number of nitrogens with zero attached hydrogens (tertiary/aromatic N) is 1. The first-order chi connectivity index (χ1) is 16.6. The Morgan fingerprint density at radius 1 is 1.21 bits per heavy atom. The van der Waals surface area contributed by atoms with E-state index in [0.717, 1.165) is 75.1 Å². The highest BCUT2D eigenvalue weighted by Crippen LogP contribution is 2.40. The van der Waals surface area contributed by atoms with Crippen LogP contribution < -0.4 is 0 Å². The lowest BCUT2D eigenvalue weighted by molar-refractivity contribution is -0.110. The number of hydrogen-bond donors (Lipinski definition) is 2. The van der Waals surface area contributed by atoms with Gasteiger partial charge in [-0.2, -0.15) is 0 Å². The lowest BCUT2D eigenvalue weighted by atomic mass is 9.81. The summed E-state index contributed by atoms with van der Waals surface area (Å²) in [5.74, 6) is 1.39. The van der Waals surface area contributed by atoms with Gasteiger partial charge < -0.3 is 19.7 Å². The van der Waals surface area contributed by atoms with Crippen molar-refractivity contribution in [3.8, 4) is 0 Å². The molecule has 2 N–H and O–H groups in total. The third-order valence-corrected chi connectivity index (χ3v) is 7.00. The second-order valence-electron chi connectivity index (χ2n) is 9.66. The van der Waals surface area contributed by atoms with Crippen LogP contribution in [0.25, 0.3) is 0 Å². The van der Waals surface area contributed by atoms with E-state index in [0.29, 0.717) is 18.3 Å². The van der Waals surface area contributed by atoms with Crippen molar-refractivity contribution in [1.29, 1.82) is 0 Å². The van der Waals surface area contributed by atoms with Gasteiger partial charge in [-0.05, 0) is 73.9 Å². The Hall–Kier alpha value is -2.34. The van der Waals surface area contributed by atoms with Crippen molar-refractivity contribution in [3.63, 3.8) is 0 Å². The first-order valence-corrected chi connectivity index (χ1v) is 12.8. The van der Waals surface area contributed by atoms with Crippen LogP contribution in [0, 0.1) is 0 Å². The lowest BCUT2D eigenvalue weighted by Crippen LogP contribution is -2.52. The molecule has 2 aliphatic heterocycles. The van der Waals surface area contributed by atoms with E-state index in [9.17, 15) is 10.2 Å². The van der Waals surface area contributed by atoms with E-state index in [2.05, 4.69) is 36.6 Å². The van der Waals surface area contributed by atoms with Gasteiger partial charge in [-0.3, -0.25) is 4.90 Å². The van der Waals surface area contributed by atoms with E-state index >= 15 is 0 Å². The Morgan fingerprint density at radius 3 is 2.79 bits per heavy atom. The Bertz CT molecular complexity index is 930. The molecule has 34 heavy (non-hydrogen) atoms. The van der Waals surface area contributed by atoms with Crippen LogP contribution in [0.15, 0.2) is 82.9 Å². The minimum Gasteiger partial charge on any atom is -0.512 e. The Labute approximate surface area is 204 Å². The van der Waals surface area contributed by atoms with Gasteiger partial charge in [-0.25, -0.2) is 0 Å². The van der Waals surface area contributed by atoms with E-state index in [4.69, 9.17) is 9.47 Å². The molecule has 0 aromatic rings. The van der Waals surface area contributed by atoms with Crippen LogP contribution in [0.1, 0.15) is 58.3 Å². The average Bonchev–Trinajstić information content (AvgIpc) is 2.80. The van der Waals surface area contributed by atoms with Crippen LogP contribution in [0.3, 0.4) is 0 Å². The highest BCUT2D eigenvalue weighted by molar-refractivity contribution is 5.48. The summed E-state index contributed by atoms with van der Waals surface area (Å²) in [4.78, 5) is 2.44. The summed E-state index contributed by atoms with van der Waals surface area (Å²) in [5.41, 5.74) is 4.59. The number of fused-ring (bicyclic) bond motifs is 1. The Balaban J connectivity index is 1.46. The van der Waals surface area contributed by atoms with Crippen molar-refractivity contribution in [3.05, 3.63) is 82.9 Å². The smallest absolute Gasteiger partial charge is 0.178 e. The quantitative estimate of drug-likeness (QED) is 0.299. The second-order valence-corrected chi connectivity index (χ2v) is 9.66. The summed E-state index contributed by atoms with van der Waals surface area (Å²) in [6.45, 7) is 9.16. The minimum atomic E-state index is -0.922.